The zero-order valence-electron chi connectivity index (χ0n) is 15.0. The standard InChI is InChI=1S/C19H23N2O.ClHO4/c1-2-8-16(9-3-1)18-14-17(20-10-4-5-11-20)15-19(22-18)21-12-6-7-13-21;2-1(3,4)5/h1-3,8-9,14-15H,4-7,10-13H2;(H,2,3,4,5)/q+1;/p-1. The van der Waals surface area contributed by atoms with Gasteiger partial charge in [-0.2, -0.15) is 4.58 Å². The molecule has 2 fully saturated rings. The van der Waals surface area contributed by atoms with E-state index in [1.807, 2.05) is 0 Å². The molecule has 0 N–H and O–H groups in total. The Morgan fingerprint density at radius 3 is 2.04 bits per heavy atom. The van der Waals surface area contributed by atoms with Crippen LogP contribution >= 0.6 is 0 Å². The molecule has 2 aliphatic rings. The molecule has 0 amide bonds. The second kappa shape index (κ2) is 8.86. The predicted octanol–water partition coefficient (Wildman–Crippen LogP) is -1.64. The molecule has 146 valence electrons. The van der Waals surface area contributed by atoms with E-state index in [2.05, 4.69) is 51.9 Å². The molecule has 8 heteroatoms. The SMILES string of the molecule is [O-][Cl+3]([O-])([O-])[O-].c1ccc(-c2cc(N3CCCC3)cc(=[N+]3CCCC3)o2)cc1. The lowest BCUT2D eigenvalue weighted by Gasteiger charge is -2.17. The van der Waals surface area contributed by atoms with Crippen molar-refractivity contribution in [1.82, 2.24) is 4.58 Å². The Bertz CT molecular complexity index is 797. The van der Waals surface area contributed by atoms with Crippen molar-refractivity contribution < 1.29 is 33.3 Å². The van der Waals surface area contributed by atoms with Gasteiger partial charge in [0.05, 0.1) is 11.8 Å². The Balaban J connectivity index is 0.000000376. The molecule has 2 aliphatic heterocycles. The quantitative estimate of drug-likeness (QED) is 0.564. The molecular weight excluding hydrogens is 372 g/mol. The third-order valence-corrected chi connectivity index (χ3v) is 4.71. The lowest BCUT2D eigenvalue weighted by atomic mass is 10.1. The van der Waals surface area contributed by atoms with Crippen LogP contribution in [0.4, 0.5) is 5.69 Å². The van der Waals surface area contributed by atoms with Crippen LogP contribution in [-0.2, 0) is 0 Å². The first kappa shape index (κ1) is 19.9. The minimum Gasteiger partial charge on any atom is -0.405 e. The number of hydrogen-bond acceptors (Lipinski definition) is 6. The summed E-state index contributed by atoms with van der Waals surface area (Å²) in [4.78, 5) is 2.49. The van der Waals surface area contributed by atoms with Gasteiger partial charge < -0.3 is 9.32 Å². The third kappa shape index (κ3) is 6.05. The maximum Gasteiger partial charge on any atom is 0.369 e. The molecule has 2 saturated heterocycles. The van der Waals surface area contributed by atoms with Gasteiger partial charge in [0.25, 0.3) is 0 Å². The van der Waals surface area contributed by atoms with Crippen molar-refractivity contribution in [3.8, 4) is 11.3 Å². The van der Waals surface area contributed by atoms with Gasteiger partial charge in [-0.25, -0.2) is 18.6 Å². The van der Waals surface area contributed by atoms with Crippen LogP contribution in [0.25, 0.3) is 11.3 Å². The average molecular weight is 395 g/mol. The van der Waals surface area contributed by atoms with Gasteiger partial charge in [0.1, 0.15) is 18.8 Å². The smallest absolute Gasteiger partial charge is 0.369 e. The highest BCUT2D eigenvalue weighted by atomic mass is 35.7. The molecule has 0 aliphatic carbocycles. The lowest BCUT2D eigenvalue weighted by molar-refractivity contribution is -2.00. The minimum atomic E-state index is -4.94. The topological polar surface area (TPSA) is 112 Å². The fourth-order valence-electron chi connectivity index (χ4n) is 3.47. The molecule has 4 rings (SSSR count). The monoisotopic (exact) mass is 394 g/mol. The van der Waals surface area contributed by atoms with Crippen LogP contribution in [-0.4, -0.2) is 26.2 Å². The first-order valence-corrected chi connectivity index (χ1v) is 10.3. The molecule has 27 heavy (non-hydrogen) atoms. The molecule has 0 atom stereocenters. The summed E-state index contributed by atoms with van der Waals surface area (Å²) >= 11 is 0. The molecular formula is C19H23ClN2O5. The summed E-state index contributed by atoms with van der Waals surface area (Å²) in [6.07, 6.45) is 5.13. The number of benzene rings is 1. The number of hydrogen-bond donors (Lipinski definition) is 0. The first-order chi connectivity index (χ1) is 12.9. The molecule has 1 aromatic heterocycles. The molecule has 3 heterocycles. The van der Waals surface area contributed by atoms with E-state index in [0.717, 1.165) is 43.1 Å². The second-order valence-corrected chi connectivity index (χ2v) is 7.41. The first-order valence-electron chi connectivity index (χ1n) is 9.05. The van der Waals surface area contributed by atoms with E-state index in [0.29, 0.717) is 0 Å². The van der Waals surface area contributed by atoms with Crippen LogP contribution in [0.1, 0.15) is 25.7 Å². The second-order valence-electron chi connectivity index (χ2n) is 6.65. The Morgan fingerprint density at radius 2 is 1.44 bits per heavy atom. The van der Waals surface area contributed by atoms with Crippen LogP contribution in [0.15, 0.2) is 46.9 Å². The molecule has 0 radical (unpaired) electrons. The maximum absolute atomic E-state index is 8.49. The van der Waals surface area contributed by atoms with Crippen molar-refractivity contribution in [1.29, 1.82) is 0 Å². The summed E-state index contributed by atoms with van der Waals surface area (Å²) in [7, 11) is -4.94. The van der Waals surface area contributed by atoms with Gasteiger partial charge in [-0.3, -0.25) is 0 Å². The van der Waals surface area contributed by atoms with Gasteiger partial charge >= 0.3 is 5.55 Å². The summed E-state index contributed by atoms with van der Waals surface area (Å²) in [5, 5.41) is 0. The molecule has 7 nitrogen and oxygen atoms in total. The van der Waals surface area contributed by atoms with E-state index < -0.39 is 10.2 Å². The summed E-state index contributed by atoms with van der Waals surface area (Å²) in [6.45, 7) is 4.55. The van der Waals surface area contributed by atoms with Gasteiger partial charge in [0, 0.05) is 37.6 Å². The highest BCUT2D eigenvalue weighted by Gasteiger charge is 2.19. The zero-order valence-corrected chi connectivity index (χ0v) is 15.8. The van der Waals surface area contributed by atoms with E-state index in [-0.39, 0.29) is 0 Å². The Hall–Kier alpha value is -1.90. The number of halogens is 1. The number of nitrogens with zero attached hydrogens (tertiary/aromatic N) is 2. The van der Waals surface area contributed by atoms with Crippen LogP contribution in [0, 0.1) is 10.2 Å². The molecule has 0 unspecified atom stereocenters. The average Bonchev–Trinajstić information content (AvgIpc) is 3.34. The fourth-order valence-corrected chi connectivity index (χ4v) is 3.47. The molecule has 0 bridgehead atoms. The van der Waals surface area contributed by atoms with Gasteiger partial charge in [-0.05, 0) is 12.8 Å². The summed E-state index contributed by atoms with van der Waals surface area (Å²) < 4.78 is 42.6. The van der Waals surface area contributed by atoms with Crippen molar-refractivity contribution in [3.63, 3.8) is 0 Å². The largest absolute Gasteiger partial charge is 0.405 e. The van der Waals surface area contributed by atoms with E-state index in [4.69, 9.17) is 23.1 Å². The fraction of sp³-hybridized carbons (Fsp3) is 0.421. The van der Waals surface area contributed by atoms with Gasteiger partial charge in [-0.1, -0.05) is 30.3 Å². The Kier molecular flexibility index (Phi) is 6.51. The maximum atomic E-state index is 8.49. The summed E-state index contributed by atoms with van der Waals surface area (Å²) in [6, 6.07) is 14.9. The van der Waals surface area contributed by atoms with E-state index in [9.17, 15) is 0 Å². The van der Waals surface area contributed by atoms with Crippen molar-refractivity contribution in [3.05, 3.63) is 48.0 Å². The Labute approximate surface area is 160 Å². The van der Waals surface area contributed by atoms with Crippen molar-refractivity contribution in [2.75, 3.05) is 31.1 Å². The van der Waals surface area contributed by atoms with E-state index in [1.54, 1.807) is 0 Å². The summed E-state index contributed by atoms with van der Waals surface area (Å²) in [5.41, 5.74) is 3.49. The van der Waals surface area contributed by atoms with Crippen LogP contribution in [0.2, 0.25) is 0 Å². The van der Waals surface area contributed by atoms with Gasteiger partial charge in [0.2, 0.25) is 0 Å². The van der Waals surface area contributed by atoms with Crippen LogP contribution in [0.5, 0.6) is 0 Å². The van der Waals surface area contributed by atoms with E-state index in [1.165, 1.54) is 31.4 Å². The highest BCUT2D eigenvalue weighted by Crippen LogP contribution is 2.25. The molecule has 1 aromatic carbocycles. The number of anilines is 1. The Morgan fingerprint density at radius 1 is 0.852 bits per heavy atom. The predicted molar refractivity (Wildman–Crippen MR) is 89.8 cm³/mol. The lowest BCUT2D eigenvalue weighted by Crippen LogP contribution is -2.68. The number of rotatable bonds is 2. The van der Waals surface area contributed by atoms with Crippen LogP contribution < -0.4 is 33.7 Å². The highest BCUT2D eigenvalue weighted by molar-refractivity contribution is 5.62. The molecule has 0 spiro atoms. The molecule has 0 saturated carbocycles. The van der Waals surface area contributed by atoms with E-state index >= 15 is 0 Å². The third-order valence-electron chi connectivity index (χ3n) is 4.71. The summed E-state index contributed by atoms with van der Waals surface area (Å²) in [5.74, 6) is 0.979. The minimum absolute atomic E-state index is 0.979. The van der Waals surface area contributed by atoms with Crippen molar-refractivity contribution in [2.45, 2.75) is 25.7 Å². The molecule has 2 aromatic rings. The van der Waals surface area contributed by atoms with Gasteiger partial charge in [0.15, 0.2) is 0 Å². The normalized spacial score (nSPS) is 17.0. The van der Waals surface area contributed by atoms with Gasteiger partial charge in [-0.15, -0.1) is 10.2 Å². The van der Waals surface area contributed by atoms with Crippen molar-refractivity contribution >= 4 is 5.69 Å². The zero-order chi connectivity index (χ0) is 19.3. The van der Waals surface area contributed by atoms with Crippen molar-refractivity contribution in [2.24, 2.45) is 0 Å². The van der Waals surface area contributed by atoms with Crippen LogP contribution in [0.3, 0.4) is 0 Å².